The maximum absolute atomic E-state index is 12.4. The number of nitrogens with zero attached hydrogens (tertiary/aromatic N) is 1. The van der Waals surface area contributed by atoms with Crippen molar-refractivity contribution < 1.29 is 19.1 Å². The van der Waals surface area contributed by atoms with Crippen molar-refractivity contribution in [2.45, 2.75) is 11.7 Å². The van der Waals surface area contributed by atoms with Crippen molar-refractivity contribution >= 4 is 29.4 Å². The fraction of sp³-hybridized carbons (Fsp3) is 0.250. The standard InChI is InChI=1S/C20H19NO4S/c1-25-16-9-7-14(8-10-16)12-26-13-18(22)21-11-17(19(23)20(21)24)15-5-3-2-4-6-15/h2-10,17H,11-13H2,1H3/t17-/m1/s1. The number of hydrogen-bond donors (Lipinski definition) is 0. The highest BCUT2D eigenvalue weighted by Gasteiger charge is 2.42. The van der Waals surface area contributed by atoms with Crippen molar-refractivity contribution in [2.75, 3.05) is 19.4 Å². The highest BCUT2D eigenvalue weighted by Crippen LogP contribution is 2.26. The average Bonchev–Trinajstić information content (AvgIpc) is 2.98. The summed E-state index contributed by atoms with van der Waals surface area (Å²) in [6, 6.07) is 16.7. The summed E-state index contributed by atoms with van der Waals surface area (Å²) in [6.07, 6.45) is 0. The van der Waals surface area contributed by atoms with E-state index >= 15 is 0 Å². The van der Waals surface area contributed by atoms with Crippen molar-refractivity contribution in [3.05, 3.63) is 65.7 Å². The number of likely N-dealkylation sites (tertiary alicyclic amines) is 1. The smallest absolute Gasteiger partial charge is 0.297 e. The lowest BCUT2D eigenvalue weighted by atomic mass is 9.97. The van der Waals surface area contributed by atoms with Crippen molar-refractivity contribution in [3.63, 3.8) is 0 Å². The molecule has 1 aliphatic rings. The van der Waals surface area contributed by atoms with E-state index in [1.54, 1.807) is 7.11 Å². The predicted molar refractivity (Wildman–Crippen MR) is 100 cm³/mol. The molecule has 0 saturated carbocycles. The van der Waals surface area contributed by atoms with E-state index in [0.717, 1.165) is 21.8 Å². The first-order valence-corrected chi connectivity index (χ1v) is 9.39. The van der Waals surface area contributed by atoms with E-state index in [1.807, 2.05) is 54.6 Å². The summed E-state index contributed by atoms with van der Waals surface area (Å²) >= 11 is 1.42. The van der Waals surface area contributed by atoms with Crippen LogP contribution in [0.1, 0.15) is 17.0 Å². The molecule has 5 nitrogen and oxygen atoms in total. The number of hydrogen-bond acceptors (Lipinski definition) is 5. The lowest BCUT2D eigenvalue weighted by Crippen LogP contribution is -2.35. The Kier molecular flexibility index (Phi) is 5.73. The van der Waals surface area contributed by atoms with Crippen LogP contribution in [-0.2, 0) is 20.1 Å². The molecule has 1 aliphatic heterocycles. The molecule has 0 aliphatic carbocycles. The Labute approximate surface area is 156 Å². The van der Waals surface area contributed by atoms with Gasteiger partial charge in [0.2, 0.25) is 11.7 Å². The fourth-order valence-corrected chi connectivity index (χ4v) is 3.70. The van der Waals surface area contributed by atoms with Crippen LogP contribution in [0.5, 0.6) is 5.75 Å². The minimum Gasteiger partial charge on any atom is -0.497 e. The Bertz CT molecular complexity index is 804. The number of ketones is 1. The molecule has 0 unspecified atom stereocenters. The van der Waals surface area contributed by atoms with Gasteiger partial charge in [0, 0.05) is 12.3 Å². The second kappa shape index (κ2) is 8.19. The predicted octanol–water partition coefficient (Wildman–Crippen LogP) is 2.65. The molecule has 0 N–H and O–H groups in total. The van der Waals surface area contributed by atoms with Crippen LogP contribution in [0.2, 0.25) is 0 Å². The molecule has 0 radical (unpaired) electrons. The summed E-state index contributed by atoms with van der Waals surface area (Å²) in [4.78, 5) is 37.8. The minimum absolute atomic E-state index is 0.129. The zero-order valence-corrected chi connectivity index (χ0v) is 15.2. The summed E-state index contributed by atoms with van der Waals surface area (Å²) in [5.74, 6) is -0.499. The Morgan fingerprint density at radius 1 is 1.12 bits per heavy atom. The molecule has 0 bridgehead atoms. The first kappa shape index (κ1) is 18.2. The van der Waals surface area contributed by atoms with Crippen molar-refractivity contribution in [3.8, 4) is 5.75 Å². The Morgan fingerprint density at radius 2 is 1.81 bits per heavy atom. The summed E-state index contributed by atoms with van der Waals surface area (Å²) in [5.41, 5.74) is 1.83. The van der Waals surface area contributed by atoms with Gasteiger partial charge in [-0.05, 0) is 23.3 Å². The molecular formula is C20H19NO4S. The summed E-state index contributed by atoms with van der Waals surface area (Å²) < 4.78 is 5.11. The minimum atomic E-state index is -0.700. The molecular weight excluding hydrogens is 350 g/mol. The topological polar surface area (TPSA) is 63.7 Å². The molecule has 2 aromatic carbocycles. The second-order valence-electron chi connectivity index (χ2n) is 5.98. The zero-order valence-electron chi connectivity index (χ0n) is 14.4. The quantitative estimate of drug-likeness (QED) is 0.733. The number of benzene rings is 2. The van der Waals surface area contributed by atoms with Crippen LogP contribution in [0, 0.1) is 0 Å². The van der Waals surface area contributed by atoms with Gasteiger partial charge in [0.15, 0.2) is 0 Å². The molecule has 1 heterocycles. The third-order valence-electron chi connectivity index (χ3n) is 4.29. The Hall–Kier alpha value is -2.60. The first-order chi connectivity index (χ1) is 12.6. The lowest BCUT2D eigenvalue weighted by Gasteiger charge is -2.13. The number of carbonyl (C=O) groups is 3. The monoisotopic (exact) mass is 369 g/mol. The molecule has 2 aromatic rings. The van der Waals surface area contributed by atoms with E-state index in [0.29, 0.717) is 5.75 Å². The van der Waals surface area contributed by atoms with E-state index in [1.165, 1.54) is 11.8 Å². The van der Waals surface area contributed by atoms with Gasteiger partial charge in [0.25, 0.3) is 5.91 Å². The van der Waals surface area contributed by atoms with Gasteiger partial charge in [-0.1, -0.05) is 42.5 Å². The van der Waals surface area contributed by atoms with Gasteiger partial charge in [-0.3, -0.25) is 19.3 Å². The van der Waals surface area contributed by atoms with Gasteiger partial charge in [0.1, 0.15) is 5.75 Å². The molecule has 1 fully saturated rings. The molecule has 2 amide bonds. The van der Waals surface area contributed by atoms with Crippen LogP contribution >= 0.6 is 11.8 Å². The average molecular weight is 369 g/mol. The second-order valence-corrected chi connectivity index (χ2v) is 6.96. The molecule has 134 valence electrons. The van der Waals surface area contributed by atoms with Crippen LogP contribution in [-0.4, -0.2) is 41.9 Å². The molecule has 0 aromatic heterocycles. The number of thioether (sulfide) groups is 1. The van der Waals surface area contributed by atoms with Gasteiger partial charge in [-0.2, -0.15) is 0 Å². The Balaban J connectivity index is 1.56. The maximum atomic E-state index is 12.4. The van der Waals surface area contributed by atoms with Gasteiger partial charge < -0.3 is 4.74 Å². The maximum Gasteiger partial charge on any atom is 0.297 e. The van der Waals surface area contributed by atoms with Crippen LogP contribution in [0.3, 0.4) is 0 Å². The third kappa shape index (κ3) is 3.96. The largest absolute Gasteiger partial charge is 0.497 e. The van der Waals surface area contributed by atoms with Gasteiger partial charge in [-0.25, -0.2) is 0 Å². The van der Waals surface area contributed by atoms with Crippen molar-refractivity contribution in [2.24, 2.45) is 0 Å². The Morgan fingerprint density at radius 3 is 2.46 bits per heavy atom. The van der Waals surface area contributed by atoms with Crippen molar-refractivity contribution in [1.29, 1.82) is 0 Å². The number of carbonyl (C=O) groups excluding carboxylic acids is 3. The molecule has 3 rings (SSSR count). The third-order valence-corrected chi connectivity index (χ3v) is 5.28. The SMILES string of the molecule is COc1ccc(CSCC(=O)N2C[C@H](c3ccccc3)C(=O)C2=O)cc1. The molecule has 1 atom stereocenters. The summed E-state index contributed by atoms with van der Waals surface area (Å²) in [6.45, 7) is 0.129. The first-order valence-electron chi connectivity index (χ1n) is 8.24. The number of ether oxygens (including phenoxy) is 1. The van der Waals surface area contributed by atoms with Crippen LogP contribution in [0.15, 0.2) is 54.6 Å². The lowest BCUT2D eigenvalue weighted by molar-refractivity contribution is -0.146. The molecule has 26 heavy (non-hydrogen) atoms. The number of Topliss-reactive ketones (excluding diaryl/α,β-unsaturated/α-hetero) is 1. The molecule has 1 saturated heterocycles. The highest BCUT2D eigenvalue weighted by molar-refractivity contribution is 7.99. The number of rotatable bonds is 6. The van der Waals surface area contributed by atoms with Crippen LogP contribution < -0.4 is 4.74 Å². The highest BCUT2D eigenvalue weighted by atomic mass is 32.2. The van der Waals surface area contributed by atoms with Gasteiger partial charge in [-0.15, -0.1) is 11.8 Å². The normalized spacial score (nSPS) is 16.8. The van der Waals surface area contributed by atoms with Gasteiger partial charge in [0.05, 0.1) is 18.8 Å². The van der Waals surface area contributed by atoms with E-state index in [-0.39, 0.29) is 18.2 Å². The van der Waals surface area contributed by atoms with E-state index in [9.17, 15) is 14.4 Å². The number of amides is 2. The van der Waals surface area contributed by atoms with Crippen LogP contribution in [0.25, 0.3) is 0 Å². The zero-order chi connectivity index (χ0) is 18.5. The molecule has 0 spiro atoms. The fourth-order valence-electron chi connectivity index (χ4n) is 2.84. The van der Waals surface area contributed by atoms with Crippen LogP contribution in [0.4, 0.5) is 0 Å². The number of methoxy groups -OCH3 is 1. The molecule has 6 heteroatoms. The van der Waals surface area contributed by atoms with Gasteiger partial charge >= 0.3 is 0 Å². The summed E-state index contributed by atoms with van der Waals surface area (Å²) in [5, 5.41) is 0. The van der Waals surface area contributed by atoms with E-state index < -0.39 is 17.6 Å². The number of imide groups is 1. The summed E-state index contributed by atoms with van der Waals surface area (Å²) in [7, 11) is 1.61. The van der Waals surface area contributed by atoms with Crippen molar-refractivity contribution in [1.82, 2.24) is 4.90 Å². The van der Waals surface area contributed by atoms with E-state index in [2.05, 4.69) is 0 Å². The van der Waals surface area contributed by atoms with E-state index in [4.69, 9.17) is 4.74 Å².